The van der Waals surface area contributed by atoms with Gasteiger partial charge in [0.2, 0.25) is 5.91 Å². The molecule has 1 heterocycles. The Labute approximate surface area is 179 Å². The molecule has 27 heavy (non-hydrogen) atoms. The SMILES string of the molecule is CN=C(NCCNC(=O)C1CC1)N1CCC(COCc2ccccc2)C1.I. The smallest absolute Gasteiger partial charge is 0.223 e. The summed E-state index contributed by atoms with van der Waals surface area (Å²) in [5.41, 5.74) is 1.22. The molecular formula is C20H31IN4O2. The minimum absolute atomic E-state index is 0. The second-order valence-electron chi connectivity index (χ2n) is 7.14. The summed E-state index contributed by atoms with van der Waals surface area (Å²) in [7, 11) is 1.81. The summed E-state index contributed by atoms with van der Waals surface area (Å²) in [6, 6.07) is 10.3. The molecule has 1 aliphatic heterocycles. The van der Waals surface area contributed by atoms with Crippen molar-refractivity contribution in [1.82, 2.24) is 15.5 Å². The van der Waals surface area contributed by atoms with Gasteiger partial charge in [0, 0.05) is 45.1 Å². The molecule has 0 bridgehead atoms. The van der Waals surface area contributed by atoms with Crippen LogP contribution in [-0.2, 0) is 16.1 Å². The number of guanidine groups is 1. The first kappa shape index (κ1) is 21.9. The molecule has 1 saturated carbocycles. The predicted molar refractivity (Wildman–Crippen MR) is 118 cm³/mol. The van der Waals surface area contributed by atoms with Crippen molar-refractivity contribution < 1.29 is 9.53 Å². The number of aliphatic imine (C=N–C) groups is 1. The third kappa shape index (κ3) is 7.29. The van der Waals surface area contributed by atoms with Gasteiger partial charge in [0.25, 0.3) is 0 Å². The number of carbonyl (C=O) groups excluding carboxylic acids is 1. The highest BCUT2D eigenvalue weighted by atomic mass is 127. The predicted octanol–water partition coefficient (Wildman–Crippen LogP) is 2.24. The Balaban J connectivity index is 0.00000261. The fourth-order valence-corrected chi connectivity index (χ4v) is 3.26. The van der Waals surface area contributed by atoms with Crippen LogP contribution >= 0.6 is 24.0 Å². The van der Waals surface area contributed by atoms with Crippen LogP contribution < -0.4 is 10.6 Å². The van der Waals surface area contributed by atoms with Gasteiger partial charge in [-0.3, -0.25) is 9.79 Å². The highest BCUT2D eigenvalue weighted by Gasteiger charge is 2.29. The molecule has 150 valence electrons. The normalized spacial score (nSPS) is 19.5. The first-order valence-corrected chi connectivity index (χ1v) is 9.61. The Hall–Kier alpha value is -1.35. The summed E-state index contributed by atoms with van der Waals surface area (Å²) in [6.45, 7) is 4.75. The zero-order valence-corrected chi connectivity index (χ0v) is 18.4. The highest BCUT2D eigenvalue weighted by Crippen LogP contribution is 2.28. The summed E-state index contributed by atoms with van der Waals surface area (Å²) in [5, 5.41) is 6.32. The average Bonchev–Trinajstić information content (AvgIpc) is 3.42. The van der Waals surface area contributed by atoms with Crippen LogP contribution in [0.3, 0.4) is 0 Å². The molecule has 1 aromatic carbocycles. The van der Waals surface area contributed by atoms with Crippen molar-refractivity contribution in [3.63, 3.8) is 0 Å². The molecule has 3 rings (SSSR count). The van der Waals surface area contributed by atoms with Gasteiger partial charge in [-0.1, -0.05) is 30.3 Å². The molecule has 2 aliphatic rings. The maximum absolute atomic E-state index is 11.6. The molecule has 0 radical (unpaired) electrons. The van der Waals surface area contributed by atoms with Crippen molar-refractivity contribution in [2.45, 2.75) is 25.9 Å². The standard InChI is InChI=1S/C20H30N4O2.HI/c1-21-20(23-11-10-22-19(25)18-7-8-18)24-12-9-17(13-24)15-26-14-16-5-3-2-4-6-16;/h2-6,17-18H,7-15H2,1H3,(H,21,23)(H,22,25);1H. The van der Waals surface area contributed by atoms with E-state index >= 15 is 0 Å². The number of halogens is 1. The molecule has 1 aliphatic carbocycles. The van der Waals surface area contributed by atoms with Gasteiger partial charge in [-0.15, -0.1) is 24.0 Å². The maximum atomic E-state index is 11.6. The summed E-state index contributed by atoms with van der Waals surface area (Å²) in [4.78, 5) is 18.3. The topological polar surface area (TPSA) is 66.0 Å². The zero-order valence-electron chi connectivity index (χ0n) is 16.0. The Morgan fingerprint density at radius 2 is 1.93 bits per heavy atom. The van der Waals surface area contributed by atoms with Gasteiger partial charge in [-0.05, 0) is 24.8 Å². The molecule has 2 N–H and O–H groups in total. The van der Waals surface area contributed by atoms with Gasteiger partial charge in [0.15, 0.2) is 5.96 Å². The van der Waals surface area contributed by atoms with Crippen molar-refractivity contribution >= 4 is 35.8 Å². The molecule has 1 atom stereocenters. The second-order valence-corrected chi connectivity index (χ2v) is 7.14. The van der Waals surface area contributed by atoms with Crippen LogP contribution in [0.15, 0.2) is 35.3 Å². The van der Waals surface area contributed by atoms with E-state index in [1.807, 2.05) is 25.2 Å². The van der Waals surface area contributed by atoms with Crippen LogP contribution in [0.1, 0.15) is 24.8 Å². The Morgan fingerprint density at radius 1 is 1.19 bits per heavy atom. The maximum Gasteiger partial charge on any atom is 0.223 e. The molecule has 2 fully saturated rings. The van der Waals surface area contributed by atoms with E-state index in [1.54, 1.807) is 0 Å². The van der Waals surface area contributed by atoms with E-state index in [4.69, 9.17) is 4.74 Å². The minimum atomic E-state index is 0. The molecule has 1 amide bonds. The van der Waals surface area contributed by atoms with E-state index in [0.717, 1.165) is 44.9 Å². The monoisotopic (exact) mass is 486 g/mol. The van der Waals surface area contributed by atoms with Gasteiger partial charge < -0.3 is 20.3 Å². The minimum Gasteiger partial charge on any atom is -0.376 e. The number of ether oxygens (including phenoxy) is 1. The van der Waals surface area contributed by atoms with Gasteiger partial charge in [0.1, 0.15) is 0 Å². The van der Waals surface area contributed by atoms with Gasteiger partial charge in [0.05, 0.1) is 13.2 Å². The van der Waals surface area contributed by atoms with E-state index in [0.29, 0.717) is 25.6 Å². The second kappa shape index (κ2) is 11.5. The quantitative estimate of drug-likeness (QED) is 0.256. The van der Waals surface area contributed by atoms with E-state index in [-0.39, 0.29) is 35.8 Å². The summed E-state index contributed by atoms with van der Waals surface area (Å²) in [6.07, 6.45) is 3.21. The lowest BCUT2D eigenvalue weighted by atomic mass is 10.1. The summed E-state index contributed by atoms with van der Waals surface area (Å²) < 4.78 is 5.88. The van der Waals surface area contributed by atoms with Crippen molar-refractivity contribution in [3.8, 4) is 0 Å². The summed E-state index contributed by atoms with van der Waals surface area (Å²) >= 11 is 0. The van der Waals surface area contributed by atoms with Crippen LogP contribution in [0, 0.1) is 11.8 Å². The molecule has 1 aromatic rings. The number of nitrogens with zero attached hydrogens (tertiary/aromatic N) is 2. The lowest BCUT2D eigenvalue weighted by Gasteiger charge is -2.22. The van der Waals surface area contributed by atoms with Crippen LogP contribution in [0.25, 0.3) is 0 Å². The van der Waals surface area contributed by atoms with Crippen molar-refractivity contribution in [2.24, 2.45) is 16.8 Å². The molecule has 7 heteroatoms. The van der Waals surface area contributed by atoms with E-state index in [1.165, 1.54) is 5.56 Å². The average molecular weight is 486 g/mol. The Bertz CT molecular complexity index is 607. The molecule has 0 spiro atoms. The molecule has 1 saturated heterocycles. The number of amides is 1. The number of nitrogens with one attached hydrogen (secondary N) is 2. The van der Waals surface area contributed by atoms with Gasteiger partial charge >= 0.3 is 0 Å². The van der Waals surface area contributed by atoms with Crippen molar-refractivity contribution in [1.29, 1.82) is 0 Å². The van der Waals surface area contributed by atoms with Crippen LogP contribution in [0.4, 0.5) is 0 Å². The number of carbonyl (C=O) groups is 1. The largest absolute Gasteiger partial charge is 0.376 e. The van der Waals surface area contributed by atoms with Crippen LogP contribution in [0.2, 0.25) is 0 Å². The molecule has 1 unspecified atom stereocenters. The third-order valence-electron chi connectivity index (χ3n) is 4.92. The molecule has 0 aromatic heterocycles. The summed E-state index contributed by atoms with van der Waals surface area (Å²) in [5.74, 6) is 1.91. The van der Waals surface area contributed by atoms with Gasteiger partial charge in [-0.2, -0.15) is 0 Å². The lowest BCUT2D eigenvalue weighted by molar-refractivity contribution is -0.122. The first-order valence-electron chi connectivity index (χ1n) is 9.61. The van der Waals surface area contributed by atoms with E-state index < -0.39 is 0 Å². The lowest BCUT2D eigenvalue weighted by Crippen LogP contribution is -2.43. The number of likely N-dealkylation sites (tertiary alicyclic amines) is 1. The van der Waals surface area contributed by atoms with Crippen LogP contribution in [-0.4, -0.2) is 56.6 Å². The first-order chi connectivity index (χ1) is 12.8. The number of rotatable bonds is 8. The zero-order chi connectivity index (χ0) is 18.2. The third-order valence-corrected chi connectivity index (χ3v) is 4.92. The number of hydrogen-bond acceptors (Lipinski definition) is 3. The van der Waals surface area contributed by atoms with Gasteiger partial charge in [-0.25, -0.2) is 0 Å². The fourth-order valence-electron chi connectivity index (χ4n) is 3.26. The Kier molecular flexibility index (Phi) is 9.33. The molecular weight excluding hydrogens is 455 g/mol. The van der Waals surface area contributed by atoms with E-state index in [9.17, 15) is 4.79 Å². The number of benzene rings is 1. The Morgan fingerprint density at radius 3 is 2.63 bits per heavy atom. The van der Waals surface area contributed by atoms with Crippen molar-refractivity contribution in [2.75, 3.05) is 39.8 Å². The highest BCUT2D eigenvalue weighted by molar-refractivity contribution is 14.0. The van der Waals surface area contributed by atoms with Crippen molar-refractivity contribution in [3.05, 3.63) is 35.9 Å². The van der Waals surface area contributed by atoms with E-state index in [2.05, 4.69) is 32.7 Å². The fraction of sp³-hybridized carbons (Fsp3) is 0.600. The van der Waals surface area contributed by atoms with Crippen LogP contribution in [0.5, 0.6) is 0 Å². The molecule has 6 nitrogen and oxygen atoms in total. The number of hydrogen-bond donors (Lipinski definition) is 2.